The zero-order valence-corrected chi connectivity index (χ0v) is 12.4. The summed E-state index contributed by atoms with van der Waals surface area (Å²) >= 11 is 6.07. The molecule has 0 aliphatic carbocycles. The molecule has 0 radical (unpaired) electrons. The highest BCUT2D eigenvalue weighted by Gasteiger charge is 2.13. The minimum atomic E-state index is -0.272. The quantitative estimate of drug-likeness (QED) is 0.745. The van der Waals surface area contributed by atoms with Gasteiger partial charge in [0.05, 0.1) is 22.1 Å². The summed E-state index contributed by atoms with van der Waals surface area (Å²) < 4.78 is 0. The molecule has 108 valence electrons. The van der Waals surface area contributed by atoms with Gasteiger partial charge in [-0.25, -0.2) is 0 Å². The minimum Gasteiger partial charge on any atom is -0.384 e. The third-order valence-corrected chi connectivity index (χ3v) is 3.21. The number of benzene rings is 1. The second kappa shape index (κ2) is 6.44. The first-order chi connectivity index (χ1) is 10.0. The second-order valence-electron chi connectivity index (χ2n) is 4.42. The largest absolute Gasteiger partial charge is 0.384 e. The maximum Gasteiger partial charge on any atom is 0.255 e. The fourth-order valence-corrected chi connectivity index (χ4v) is 2.04. The Bertz CT molecular complexity index is 722. The van der Waals surface area contributed by atoms with Gasteiger partial charge in [-0.2, -0.15) is 5.10 Å². The molecule has 5 nitrogen and oxygen atoms in total. The summed E-state index contributed by atoms with van der Waals surface area (Å²) in [5.41, 5.74) is 3.17. The van der Waals surface area contributed by atoms with Crippen LogP contribution in [0.5, 0.6) is 0 Å². The Morgan fingerprint density at radius 3 is 2.81 bits per heavy atom. The predicted octanol–water partition coefficient (Wildman–Crippen LogP) is 2.28. The molecule has 1 aromatic carbocycles. The molecule has 3 N–H and O–H groups in total. The molecule has 6 heteroatoms. The fourth-order valence-electron chi connectivity index (χ4n) is 1.81. The third-order valence-electron chi connectivity index (χ3n) is 2.90. The molecular formula is C15H14ClN3O2. The van der Waals surface area contributed by atoms with Gasteiger partial charge in [-0.05, 0) is 32.0 Å². The summed E-state index contributed by atoms with van der Waals surface area (Å²) in [5.74, 6) is 4.96. The number of aromatic amines is 1. The number of anilines is 1. The van der Waals surface area contributed by atoms with Crippen LogP contribution >= 0.6 is 11.6 Å². The standard InChI is InChI=1S/C15H14ClN3O2/c1-9-14(10(2)19-18-9)17-15(21)12-6-5-11(4-3-7-20)13(16)8-12/h5-6,8,20H,7H2,1-2H3,(H,17,21)(H,18,19). The van der Waals surface area contributed by atoms with E-state index in [0.717, 1.165) is 11.4 Å². The summed E-state index contributed by atoms with van der Waals surface area (Å²) in [6, 6.07) is 4.82. The molecule has 0 fully saturated rings. The molecule has 1 aromatic heterocycles. The number of carbonyl (C=O) groups is 1. The molecule has 0 aliphatic rings. The van der Waals surface area contributed by atoms with Gasteiger partial charge in [0.2, 0.25) is 0 Å². The van der Waals surface area contributed by atoms with Crippen LogP contribution in [0.2, 0.25) is 5.02 Å². The van der Waals surface area contributed by atoms with Crippen molar-refractivity contribution in [3.63, 3.8) is 0 Å². The van der Waals surface area contributed by atoms with Crippen molar-refractivity contribution in [3.05, 3.63) is 45.7 Å². The van der Waals surface area contributed by atoms with E-state index in [2.05, 4.69) is 27.4 Å². The lowest BCUT2D eigenvalue weighted by molar-refractivity contribution is 0.102. The Labute approximate surface area is 127 Å². The number of nitrogens with zero attached hydrogens (tertiary/aromatic N) is 1. The first kappa shape index (κ1) is 15.1. The fraction of sp³-hybridized carbons (Fsp3) is 0.200. The van der Waals surface area contributed by atoms with E-state index in [1.165, 1.54) is 0 Å². The van der Waals surface area contributed by atoms with Crippen molar-refractivity contribution in [2.75, 3.05) is 11.9 Å². The van der Waals surface area contributed by atoms with Crippen molar-refractivity contribution in [2.24, 2.45) is 0 Å². The van der Waals surface area contributed by atoms with Crippen molar-refractivity contribution in [3.8, 4) is 11.8 Å². The number of hydrogen-bond acceptors (Lipinski definition) is 3. The molecule has 0 unspecified atom stereocenters. The SMILES string of the molecule is Cc1n[nH]c(C)c1NC(=O)c1ccc(C#CCO)c(Cl)c1. The Balaban J connectivity index is 2.22. The second-order valence-corrected chi connectivity index (χ2v) is 4.82. The number of hydrogen-bond donors (Lipinski definition) is 3. The average Bonchev–Trinajstić information content (AvgIpc) is 2.77. The van der Waals surface area contributed by atoms with Crippen molar-refractivity contribution in [2.45, 2.75) is 13.8 Å². The van der Waals surface area contributed by atoms with Gasteiger partial charge in [0, 0.05) is 11.1 Å². The summed E-state index contributed by atoms with van der Waals surface area (Å²) in [4.78, 5) is 12.2. The van der Waals surface area contributed by atoms with Crippen LogP contribution in [0, 0.1) is 25.7 Å². The highest BCUT2D eigenvalue weighted by Crippen LogP contribution is 2.20. The summed E-state index contributed by atoms with van der Waals surface area (Å²) in [6.45, 7) is 3.40. The lowest BCUT2D eigenvalue weighted by atomic mass is 10.1. The topological polar surface area (TPSA) is 78.0 Å². The minimum absolute atomic E-state index is 0.238. The van der Waals surface area contributed by atoms with Gasteiger partial charge < -0.3 is 10.4 Å². The summed E-state index contributed by atoms with van der Waals surface area (Å²) in [5, 5.41) is 18.7. The first-order valence-corrected chi connectivity index (χ1v) is 6.63. The highest BCUT2D eigenvalue weighted by atomic mass is 35.5. The average molecular weight is 304 g/mol. The first-order valence-electron chi connectivity index (χ1n) is 6.25. The molecule has 2 rings (SSSR count). The molecular weight excluding hydrogens is 290 g/mol. The van der Waals surface area contributed by atoms with E-state index >= 15 is 0 Å². The van der Waals surface area contributed by atoms with Crippen molar-refractivity contribution >= 4 is 23.2 Å². The number of rotatable bonds is 2. The van der Waals surface area contributed by atoms with E-state index in [0.29, 0.717) is 21.8 Å². The molecule has 0 bridgehead atoms. The number of H-pyrrole nitrogens is 1. The van der Waals surface area contributed by atoms with E-state index in [9.17, 15) is 4.79 Å². The molecule has 1 heterocycles. The molecule has 21 heavy (non-hydrogen) atoms. The number of aliphatic hydroxyl groups is 1. The van der Waals surface area contributed by atoms with Crippen molar-refractivity contribution < 1.29 is 9.90 Å². The number of halogens is 1. The smallest absolute Gasteiger partial charge is 0.255 e. The monoisotopic (exact) mass is 303 g/mol. The number of aryl methyl sites for hydroxylation is 2. The van der Waals surface area contributed by atoms with Crippen LogP contribution in [-0.2, 0) is 0 Å². The van der Waals surface area contributed by atoms with Gasteiger partial charge in [-0.1, -0.05) is 23.4 Å². The van der Waals surface area contributed by atoms with E-state index in [4.69, 9.17) is 16.7 Å². The number of nitrogens with one attached hydrogen (secondary N) is 2. The Kier molecular flexibility index (Phi) is 4.63. The van der Waals surface area contributed by atoms with Crippen LogP contribution in [0.15, 0.2) is 18.2 Å². The van der Waals surface area contributed by atoms with Gasteiger partial charge in [-0.3, -0.25) is 9.89 Å². The molecule has 0 aliphatic heterocycles. The third kappa shape index (κ3) is 3.43. The lowest BCUT2D eigenvalue weighted by Gasteiger charge is -2.06. The van der Waals surface area contributed by atoms with Gasteiger partial charge in [0.1, 0.15) is 6.61 Å². The summed E-state index contributed by atoms with van der Waals surface area (Å²) in [7, 11) is 0. The van der Waals surface area contributed by atoms with Crippen LogP contribution in [0.4, 0.5) is 5.69 Å². The predicted molar refractivity (Wildman–Crippen MR) is 81.4 cm³/mol. The molecule has 1 amide bonds. The number of aromatic nitrogens is 2. The maximum absolute atomic E-state index is 12.2. The zero-order valence-electron chi connectivity index (χ0n) is 11.6. The van der Waals surface area contributed by atoms with E-state index in [1.807, 2.05) is 6.92 Å². The van der Waals surface area contributed by atoms with E-state index in [1.54, 1.807) is 25.1 Å². The van der Waals surface area contributed by atoms with Crippen molar-refractivity contribution in [1.29, 1.82) is 0 Å². The zero-order chi connectivity index (χ0) is 15.4. The molecule has 0 saturated carbocycles. The van der Waals surface area contributed by atoms with Gasteiger partial charge in [-0.15, -0.1) is 0 Å². The Hall–Kier alpha value is -2.29. The van der Waals surface area contributed by atoms with Gasteiger partial charge >= 0.3 is 0 Å². The molecule has 0 spiro atoms. The normalized spacial score (nSPS) is 9.90. The van der Waals surface area contributed by atoms with Gasteiger partial charge in [0.15, 0.2) is 0 Å². The van der Waals surface area contributed by atoms with Crippen LogP contribution in [-0.4, -0.2) is 27.8 Å². The molecule has 0 saturated heterocycles. The van der Waals surface area contributed by atoms with Crippen LogP contribution in [0.25, 0.3) is 0 Å². The number of aliphatic hydroxyl groups excluding tert-OH is 1. The maximum atomic E-state index is 12.2. The number of carbonyl (C=O) groups excluding carboxylic acids is 1. The van der Waals surface area contributed by atoms with Crippen LogP contribution in [0.3, 0.4) is 0 Å². The highest BCUT2D eigenvalue weighted by molar-refractivity contribution is 6.32. The van der Waals surface area contributed by atoms with E-state index < -0.39 is 0 Å². The van der Waals surface area contributed by atoms with Gasteiger partial charge in [0.25, 0.3) is 5.91 Å². The summed E-state index contributed by atoms with van der Waals surface area (Å²) in [6.07, 6.45) is 0. The lowest BCUT2D eigenvalue weighted by Crippen LogP contribution is -2.13. The van der Waals surface area contributed by atoms with Crippen LogP contribution in [0.1, 0.15) is 27.3 Å². The van der Waals surface area contributed by atoms with Crippen LogP contribution < -0.4 is 5.32 Å². The molecule has 0 atom stereocenters. The van der Waals surface area contributed by atoms with E-state index in [-0.39, 0.29) is 12.5 Å². The Morgan fingerprint density at radius 1 is 1.48 bits per heavy atom. The van der Waals surface area contributed by atoms with Crippen molar-refractivity contribution in [1.82, 2.24) is 10.2 Å². The molecule has 2 aromatic rings. The number of amides is 1. The Morgan fingerprint density at radius 2 is 2.24 bits per heavy atom.